The van der Waals surface area contributed by atoms with E-state index < -0.39 is 36.9 Å². The third-order valence-corrected chi connectivity index (χ3v) is 4.77. The number of anilines is 1. The van der Waals surface area contributed by atoms with Crippen LogP contribution in [-0.4, -0.2) is 41.7 Å². The van der Waals surface area contributed by atoms with Crippen molar-refractivity contribution in [3.63, 3.8) is 0 Å². The summed E-state index contributed by atoms with van der Waals surface area (Å²) in [5.41, 5.74) is 1.33. The van der Waals surface area contributed by atoms with Crippen LogP contribution in [0.1, 0.15) is 18.4 Å². The number of fused-ring (bicyclic) bond motifs is 1. The minimum Gasteiger partial charge on any atom is -0.454 e. The summed E-state index contributed by atoms with van der Waals surface area (Å²) in [4.78, 5) is 49.4. The molecule has 1 N–H and O–H groups in total. The largest absolute Gasteiger partial charge is 0.454 e. The number of nitriles is 1. The highest BCUT2D eigenvalue weighted by atomic mass is 16.5. The third kappa shape index (κ3) is 4.26. The smallest absolute Gasteiger partial charge is 0.326 e. The first-order valence-electron chi connectivity index (χ1n) is 8.91. The number of likely N-dealkylation sites (tertiary alicyclic amines) is 1. The van der Waals surface area contributed by atoms with Crippen LogP contribution in [0.15, 0.2) is 36.4 Å². The SMILES string of the molecule is N#CCc1ccc(NC(=O)COC(=O)CN2C(=O)C3CC=CCC3C2=O)cc1. The predicted molar refractivity (Wildman–Crippen MR) is 97.4 cm³/mol. The quantitative estimate of drug-likeness (QED) is 0.449. The van der Waals surface area contributed by atoms with E-state index in [1.165, 1.54) is 0 Å². The molecule has 0 aromatic heterocycles. The maximum atomic E-state index is 12.3. The van der Waals surface area contributed by atoms with Gasteiger partial charge in [0.2, 0.25) is 11.8 Å². The van der Waals surface area contributed by atoms with Crippen molar-refractivity contribution in [3.8, 4) is 6.07 Å². The summed E-state index contributed by atoms with van der Waals surface area (Å²) < 4.78 is 4.89. The van der Waals surface area contributed by atoms with Crippen molar-refractivity contribution in [3.05, 3.63) is 42.0 Å². The van der Waals surface area contributed by atoms with Crippen molar-refractivity contribution < 1.29 is 23.9 Å². The van der Waals surface area contributed by atoms with Gasteiger partial charge < -0.3 is 10.1 Å². The number of allylic oxidation sites excluding steroid dienone is 2. The number of nitrogens with zero attached hydrogens (tertiary/aromatic N) is 2. The molecule has 144 valence electrons. The van der Waals surface area contributed by atoms with Gasteiger partial charge in [-0.3, -0.25) is 24.1 Å². The summed E-state index contributed by atoms with van der Waals surface area (Å²) >= 11 is 0. The molecule has 1 fully saturated rings. The van der Waals surface area contributed by atoms with Crippen LogP contribution < -0.4 is 5.32 Å². The monoisotopic (exact) mass is 381 g/mol. The number of nitrogens with one attached hydrogen (secondary N) is 1. The Bertz CT molecular complexity index is 843. The molecule has 8 nitrogen and oxygen atoms in total. The summed E-state index contributed by atoms with van der Waals surface area (Å²) in [5.74, 6) is -2.89. The van der Waals surface area contributed by atoms with E-state index in [1.807, 2.05) is 18.2 Å². The summed E-state index contributed by atoms with van der Waals surface area (Å²) in [6, 6.07) is 8.74. The number of rotatable bonds is 6. The highest BCUT2D eigenvalue weighted by Gasteiger charge is 2.47. The Kier molecular flexibility index (Phi) is 5.84. The molecule has 0 bridgehead atoms. The van der Waals surface area contributed by atoms with Gasteiger partial charge in [0.05, 0.1) is 24.3 Å². The lowest BCUT2D eigenvalue weighted by atomic mass is 9.85. The van der Waals surface area contributed by atoms with Gasteiger partial charge in [0.15, 0.2) is 6.61 Å². The van der Waals surface area contributed by atoms with E-state index in [1.54, 1.807) is 24.3 Å². The third-order valence-electron chi connectivity index (χ3n) is 4.77. The minimum absolute atomic E-state index is 0.275. The number of hydrogen-bond acceptors (Lipinski definition) is 6. The molecule has 1 aliphatic carbocycles. The number of carbonyl (C=O) groups is 4. The van der Waals surface area contributed by atoms with Crippen LogP contribution in [-0.2, 0) is 30.3 Å². The van der Waals surface area contributed by atoms with Crippen molar-refractivity contribution in [1.29, 1.82) is 5.26 Å². The van der Waals surface area contributed by atoms with Crippen LogP contribution >= 0.6 is 0 Å². The molecule has 1 saturated heterocycles. The van der Waals surface area contributed by atoms with E-state index in [9.17, 15) is 19.2 Å². The van der Waals surface area contributed by atoms with Crippen LogP contribution in [0.2, 0.25) is 0 Å². The maximum absolute atomic E-state index is 12.3. The summed E-state index contributed by atoms with van der Waals surface area (Å²) in [6.45, 7) is -1.01. The molecular formula is C20H19N3O5. The Balaban J connectivity index is 1.46. The lowest BCUT2D eigenvalue weighted by molar-refractivity contribution is -0.154. The van der Waals surface area contributed by atoms with Crippen LogP contribution in [0.3, 0.4) is 0 Å². The van der Waals surface area contributed by atoms with Crippen molar-refractivity contribution in [2.24, 2.45) is 11.8 Å². The molecule has 0 spiro atoms. The first-order chi connectivity index (χ1) is 13.5. The van der Waals surface area contributed by atoms with Gasteiger partial charge in [-0.1, -0.05) is 24.3 Å². The lowest BCUT2D eigenvalue weighted by Gasteiger charge is -2.14. The molecule has 2 unspecified atom stereocenters. The van der Waals surface area contributed by atoms with E-state index >= 15 is 0 Å². The Morgan fingerprint density at radius 2 is 1.71 bits per heavy atom. The average Bonchev–Trinajstić information content (AvgIpc) is 2.93. The fourth-order valence-electron chi connectivity index (χ4n) is 3.34. The topological polar surface area (TPSA) is 117 Å². The molecule has 3 rings (SSSR count). The molecule has 1 aromatic carbocycles. The van der Waals surface area contributed by atoms with Gasteiger partial charge in [0, 0.05) is 5.69 Å². The van der Waals surface area contributed by atoms with Crippen molar-refractivity contribution in [2.75, 3.05) is 18.5 Å². The number of ether oxygens (including phenoxy) is 1. The molecule has 1 aliphatic heterocycles. The molecule has 8 heteroatoms. The summed E-state index contributed by atoms with van der Waals surface area (Å²) in [5, 5.41) is 11.2. The van der Waals surface area contributed by atoms with Gasteiger partial charge >= 0.3 is 5.97 Å². The number of esters is 1. The normalized spacial score (nSPS) is 20.5. The molecule has 1 heterocycles. The zero-order chi connectivity index (χ0) is 20.1. The van der Waals surface area contributed by atoms with Crippen molar-refractivity contribution in [1.82, 2.24) is 4.90 Å². The first-order valence-corrected chi connectivity index (χ1v) is 8.91. The standard InChI is InChI=1S/C20H19N3O5/c21-10-9-13-5-7-14(8-6-13)22-17(24)12-28-18(25)11-23-19(26)15-3-1-2-4-16(15)20(23)27/h1-2,5-8,15-16H,3-4,9,11-12H2,(H,22,24). The van der Waals surface area contributed by atoms with Crippen LogP contribution in [0, 0.1) is 23.2 Å². The van der Waals surface area contributed by atoms with Crippen molar-refractivity contribution >= 4 is 29.4 Å². The van der Waals surface area contributed by atoms with E-state index in [0.29, 0.717) is 18.5 Å². The summed E-state index contributed by atoms with van der Waals surface area (Å²) in [7, 11) is 0. The maximum Gasteiger partial charge on any atom is 0.326 e. The molecule has 0 radical (unpaired) electrons. The number of imide groups is 1. The number of carbonyl (C=O) groups excluding carboxylic acids is 4. The number of hydrogen-bond donors (Lipinski definition) is 1. The second-order valence-electron chi connectivity index (χ2n) is 6.66. The summed E-state index contributed by atoms with van der Waals surface area (Å²) in [6.07, 6.45) is 5.00. The fourth-order valence-corrected chi connectivity index (χ4v) is 3.34. The highest BCUT2D eigenvalue weighted by Crippen LogP contribution is 2.34. The zero-order valence-corrected chi connectivity index (χ0v) is 15.1. The van der Waals surface area contributed by atoms with Gasteiger partial charge in [-0.15, -0.1) is 0 Å². The second-order valence-corrected chi connectivity index (χ2v) is 6.66. The lowest BCUT2D eigenvalue weighted by Crippen LogP contribution is -2.37. The van der Waals surface area contributed by atoms with Gasteiger partial charge in [-0.25, -0.2) is 0 Å². The molecule has 0 saturated carbocycles. The molecule has 28 heavy (non-hydrogen) atoms. The van der Waals surface area contributed by atoms with Crippen molar-refractivity contribution in [2.45, 2.75) is 19.3 Å². The number of amides is 3. The minimum atomic E-state index is -0.812. The Morgan fingerprint density at radius 3 is 2.29 bits per heavy atom. The Labute approximate surface area is 161 Å². The van der Waals surface area contributed by atoms with E-state index in [0.717, 1.165) is 10.5 Å². The zero-order valence-electron chi connectivity index (χ0n) is 15.1. The molecule has 2 atom stereocenters. The van der Waals surface area contributed by atoms with Gasteiger partial charge in [0.1, 0.15) is 6.54 Å². The van der Waals surface area contributed by atoms with E-state index in [2.05, 4.69) is 5.32 Å². The molecule has 2 aliphatic rings. The highest BCUT2D eigenvalue weighted by molar-refractivity contribution is 6.07. The number of benzene rings is 1. The van der Waals surface area contributed by atoms with E-state index in [-0.39, 0.29) is 18.2 Å². The second kappa shape index (κ2) is 8.48. The Morgan fingerprint density at radius 1 is 1.11 bits per heavy atom. The van der Waals surface area contributed by atoms with Gasteiger partial charge in [-0.2, -0.15) is 5.26 Å². The molecule has 3 amide bonds. The first kappa shape index (κ1) is 19.3. The fraction of sp³-hybridized carbons (Fsp3) is 0.350. The van der Waals surface area contributed by atoms with Crippen LogP contribution in [0.4, 0.5) is 5.69 Å². The molecule has 1 aromatic rings. The average molecular weight is 381 g/mol. The van der Waals surface area contributed by atoms with Gasteiger partial charge in [0.25, 0.3) is 5.91 Å². The van der Waals surface area contributed by atoms with Crippen LogP contribution in [0.25, 0.3) is 0 Å². The van der Waals surface area contributed by atoms with Gasteiger partial charge in [-0.05, 0) is 30.5 Å². The van der Waals surface area contributed by atoms with Crippen LogP contribution in [0.5, 0.6) is 0 Å². The predicted octanol–water partition coefficient (Wildman–Crippen LogP) is 1.19. The van der Waals surface area contributed by atoms with E-state index in [4.69, 9.17) is 10.00 Å². The molecular weight excluding hydrogens is 362 g/mol. The Hall–Kier alpha value is -3.47.